The van der Waals surface area contributed by atoms with E-state index >= 15 is 0 Å². The summed E-state index contributed by atoms with van der Waals surface area (Å²) in [5.74, 6) is 0.275. The van der Waals surface area contributed by atoms with Gasteiger partial charge >= 0.3 is 0 Å². The van der Waals surface area contributed by atoms with Gasteiger partial charge in [0.2, 0.25) is 0 Å². The molecule has 0 saturated heterocycles. The second-order valence-corrected chi connectivity index (χ2v) is 9.93. The van der Waals surface area contributed by atoms with Crippen molar-refractivity contribution in [2.75, 3.05) is 11.9 Å². The molecule has 2 N–H and O–H groups in total. The largest absolute Gasteiger partial charge is 0.484 e. The maximum atomic E-state index is 12.3. The summed E-state index contributed by atoms with van der Waals surface area (Å²) in [6.07, 6.45) is 3.21. The molecule has 0 fully saturated rings. The van der Waals surface area contributed by atoms with E-state index in [1.54, 1.807) is 62.6 Å². The zero-order valence-electron chi connectivity index (χ0n) is 17.6. The van der Waals surface area contributed by atoms with E-state index in [2.05, 4.69) is 20.3 Å². The molecule has 4 aromatic rings. The van der Waals surface area contributed by atoms with Crippen LogP contribution in [0.4, 0.5) is 5.69 Å². The molecule has 0 atom stereocenters. The molecule has 0 saturated carbocycles. The first-order valence-corrected chi connectivity index (χ1v) is 11.6. The Balaban J connectivity index is 1.53. The third kappa shape index (κ3) is 4.47. The SMILES string of the molecule is CC(C)S(=O)(=O)c1ccc(-c2cnc3[nH]cc(NC(=O)COc4ccccc4)c3n2)cc1. The second kappa shape index (κ2) is 8.80. The van der Waals surface area contributed by atoms with Crippen molar-refractivity contribution in [1.82, 2.24) is 15.0 Å². The molecular formula is C23H22N4O4S. The Morgan fingerprint density at radius 2 is 1.81 bits per heavy atom. The van der Waals surface area contributed by atoms with Crippen LogP contribution in [0.3, 0.4) is 0 Å². The lowest BCUT2D eigenvalue weighted by Crippen LogP contribution is -2.20. The molecular weight excluding hydrogens is 428 g/mol. The first-order chi connectivity index (χ1) is 15.3. The number of amides is 1. The first kappa shape index (κ1) is 21.5. The van der Waals surface area contributed by atoms with Crippen LogP contribution in [0, 0.1) is 0 Å². The van der Waals surface area contributed by atoms with Gasteiger partial charge in [0.25, 0.3) is 5.91 Å². The summed E-state index contributed by atoms with van der Waals surface area (Å²) in [7, 11) is -3.35. The molecule has 0 aliphatic carbocycles. The van der Waals surface area contributed by atoms with Gasteiger partial charge in [0.15, 0.2) is 22.1 Å². The molecule has 8 nitrogen and oxygen atoms in total. The van der Waals surface area contributed by atoms with E-state index in [0.29, 0.717) is 33.9 Å². The van der Waals surface area contributed by atoms with Crippen LogP contribution < -0.4 is 10.1 Å². The maximum absolute atomic E-state index is 12.3. The van der Waals surface area contributed by atoms with Crippen LogP contribution >= 0.6 is 0 Å². The van der Waals surface area contributed by atoms with Crippen molar-refractivity contribution in [3.8, 4) is 17.0 Å². The van der Waals surface area contributed by atoms with Crippen molar-refractivity contribution in [3.63, 3.8) is 0 Å². The molecule has 9 heteroatoms. The Bertz CT molecular complexity index is 1350. The number of carbonyl (C=O) groups excluding carboxylic acids is 1. The van der Waals surface area contributed by atoms with Crippen molar-refractivity contribution < 1.29 is 17.9 Å². The molecule has 32 heavy (non-hydrogen) atoms. The van der Waals surface area contributed by atoms with Gasteiger partial charge in [-0.2, -0.15) is 0 Å². The van der Waals surface area contributed by atoms with E-state index in [9.17, 15) is 13.2 Å². The second-order valence-electron chi connectivity index (χ2n) is 7.42. The van der Waals surface area contributed by atoms with Crippen LogP contribution in [0.25, 0.3) is 22.4 Å². The molecule has 2 aromatic heterocycles. The molecule has 0 aliphatic rings. The number of ether oxygens (including phenoxy) is 1. The minimum atomic E-state index is -3.35. The summed E-state index contributed by atoms with van der Waals surface area (Å²) in [5.41, 5.74) is 2.77. The fourth-order valence-electron chi connectivity index (χ4n) is 3.07. The highest BCUT2D eigenvalue weighted by molar-refractivity contribution is 7.92. The smallest absolute Gasteiger partial charge is 0.262 e. The van der Waals surface area contributed by atoms with Crippen LogP contribution in [0.1, 0.15) is 13.8 Å². The quantitative estimate of drug-likeness (QED) is 0.442. The average Bonchev–Trinajstić information content (AvgIpc) is 3.20. The van der Waals surface area contributed by atoms with Crippen LogP contribution in [-0.2, 0) is 14.6 Å². The molecule has 2 heterocycles. The lowest BCUT2D eigenvalue weighted by atomic mass is 10.1. The highest BCUT2D eigenvalue weighted by Crippen LogP contribution is 2.25. The lowest BCUT2D eigenvalue weighted by molar-refractivity contribution is -0.118. The Morgan fingerprint density at radius 3 is 2.50 bits per heavy atom. The summed E-state index contributed by atoms with van der Waals surface area (Å²) in [5, 5.41) is 2.28. The number of aromatic nitrogens is 3. The summed E-state index contributed by atoms with van der Waals surface area (Å²) < 4.78 is 30.1. The van der Waals surface area contributed by atoms with E-state index in [1.807, 2.05) is 18.2 Å². The molecule has 4 rings (SSSR count). The number of aromatic amines is 1. The van der Waals surface area contributed by atoms with Gasteiger partial charge in [0.05, 0.1) is 27.7 Å². The van der Waals surface area contributed by atoms with E-state index in [-0.39, 0.29) is 17.4 Å². The number of fused-ring (bicyclic) bond motifs is 1. The summed E-state index contributed by atoms with van der Waals surface area (Å²) in [6, 6.07) is 15.6. The van der Waals surface area contributed by atoms with Gasteiger partial charge in [0, 0.05) is 11.8 Å². The zero-order chi connectivity index (χ0) is 22.7. The van der Waals surface area contributed by atoms with Crippen LogP contribution in [0.15, 0.2) is 71.9 Å². The Morgan fingerprint density at radius 1 is 1.09 bits per heavy atom. The van der Waals surface area contributed by atoms with Crippen molar-refractivity contribution in [2.45, 2.75) is 24.0 Å². The van der Waals surface area contributed by atoms with Crippen LogP contribution in [0.2, 0.25) is 0 Å². The number of para-hydroxylation sites is 1. The number of benzene rings is 2. The highest BCUT2D eigenvalue weighted by Gasteiger charge is 2.19. The van der Waals surface area contributed by atoms with Gasteiger partial charge in [-0.1, -0.05) is 30.3 Å². The predicted octanol–water partition coefficient (Wildman–Crippen LogP) is 3.82. The third-order valence-corrected chi connectivity index (χ3v) is 7.04. The van der Waals surface area contributed by atoms with Gasteiger partial charge < -0.3 is 15.0 Å². The minimum absolute atomic E-state index is 0.143. The van der Waals surface area contributed by atoms with E-state index in [4.69, 9.17) is 4.74 Å². The zero-order valence-corrected chi connectivity index (χ0v) is 18.4. The summed E-state index contributed by atoms with van der Waals surface area (Å²) in [4.78, 5) is 24.5. The van der Waals surface area contributed by atoms with Crippen molar-refractivity contribution in [2.24, 2.45) is 0 Å². The molecule has 0 bridgehead atoms. The Hall–Kier alpha value is -3.72. The minimum Gasteiger partial charge on any atom is -0.484 e. The Kier molecular flexibility index (Phi) is 5.91. The Labute approximate surface area is 185 Å². The normalized spacial score (nSPS) is 11.6. The highest BCUT2D eigenvalue weighted by atomic mass is 32.2. The molecule has 0 radical (unpaired) electrons. The van der Waals surface area contributed by atoms with E-state index < -0.39 is 15.1 Å². The molecule has 0 spiro atoms. The van der Waals surface area contributed by atoms with E-state index in [1.165, 1.54) is 0 Å². The number of hydrogen-bond donors (Lipinski definition) is 2. The monoisotopic (exact) mass is 450 g/mol. The van der Waals surface area contributed by atoms with Gasteiger partial charge in [0.1, 0.15) is 11.3 Å². The molecule has 0 aliphatic heterocycles. The number of carbonyl (C=O) groups is 1. The fraction of sp³-hybridized carbons (Fsp3) is 0.174. The number of rotatable bonds is 7. The van der Waals surface area contributed by atoms with E-state index in [0.717, 1.165) is 0 Å². The van der Waals surface area contributed by atoms with Crippen molar-refractivity contribution >= 4 is 32.6 Å². The van der Waals surface area contributed by atoms with Crippen LogP contribution in [-0.4, -0.2) is 41.1 Å². The standard InChI is InChI=1S/C23H22N4O4S/c1-15(2)32(29,30)18-10-8-16(9-11-18)19-12-24-23-22(27-19)20(13-25-23)26-21(28)14-31-17-6-4-3-5-7-17/h3-13,15H,14H2,1-2H3,(H,24,25)(H,26,28). The van der Waals surface area contributed by atoms with Gasteiger partial charge in [-0.05, 0) is 38.1 Å². The van der Waals surface area contributed by atoms with Gasteiger partial charge in [-0.3, -0.25) is 4.79 Å². The molecule has 164 valence electrons. The fourth-order valence-corrected chi connectivity index (χ4v) is 4.12. The third-order valence-electron chi connectivity index (χ3n) is 4.87. The lowest BCUT2D eigenvalue weighted by Gasteiger charge is -2.09. The first-order valence-electron chi connectivity index (χ1n) is 10.0. The molecule has 1 amide bonds. The predicted molar refractivity (Wildman–Crippen MR) is 122 cm³/mol. The summed E-state index contributed by atoms with van der Waals surface area (Å²) in [6.45, 7) is 3.15. The number of nitrogens with zero attached hydrogens (tertiary/aromatic N) is 2. The molecule has 2 aromatic carbocycles. The number of nitrogens with one attached hydrogen (secondary N) is 2. The van der Waals surface area contributed by atoms with Crippen molar-refractivity contribution in [3.05, 3.63) is 67.0 Å². The topological polar surface area (TPSA) is 114 Å². The van der Waals surface area contributed by atoms with Gasteiger partial charge in [-0.15, -0.1) is 0 Å². The number of H-pyrrole nitrogens is 1. The summed E-state index contributed by atoms with van der Waals surface area (Å²) >= 11 is 0. The maximum Gasteiger partial charge on any atom is 0.262 e. The average molecular weight is 451 g/mol. The number of anilines is 1. The van der Waals surface area contributed by atoms with Gasteiger partial charge in [-0.25, -0.2) is 18.4 Å². The number of hydrogen-bond acceptors (Lipinski definition) is 6. The van der Waals surface area contributed by atoms with Crippen molar-refractivity contribution in [1.29, 1.82) is 0 Å². The molecule has 0 unspecified atom stereocenters. The van der Waals surface area contributed by atoms with Crippen LogP contribution in [0.5, 0.6) is 5.75 Å². The number of sulfone groups is 1.